The summed E-state index contributed by atoms with van der Waals surface area (Å²) in [5, 5.41) is 2.90. The van der Waals surface area contributed by atoms with Gasteiger partial charge in [-0.05, 0) is 17.7 Å². The van der Waals surface area contributed by atoms with Crippen LogP contribution in [0.1, 0.15) is 26.9 Å². The van der Waals surface area contributed by atoms with E-state index in [4.69, 9.17) is 4.74 Å². The van der Waals surface area contributed by atoms with Crippen molar-refractivity contribution in [1.82, 2.24) is 10.2 Å². The fourth-order valence-electron chi connectivity index (χ4n) is 3.39. The Labute approximate surface area is 150 Å². The Morgan fingerprint density at radius 3 is 2.84 bits per heavy atom. The summed E-state index contributed by atoms with van der Waals surface area (Å²) in [5.41, 5.74) is 2.64. The van der Waals surface area contributed by atoms with E-state index in [0.29, 0.717) is 17.9 Å². The van der Waals surface area contributed by atoms with E-state index in [2.05, 4.69) is 5.32 Å². The number of amides is 2. The van der Waals surface area contributed by atoms with Gasteiger partial charge in [-0.25, -0.2) is 0 Å². The summed E-state index contributed by atoms with van der Waals surface area (Å²) >= 11 is 1.64. The number of thioether (sulfide) groups is 1. The molecule has 2 amide bonds. The molecule has 2 aromatic carbocycles. The highest BCUT2D eigenvalue weighted by atomic mass is 32.2. The summed E-state index contributed by atoms with van der Waals surface area (Å²) in [5.74, 6) is 1.18. The molecule has 2 atom stereocenters. The van der Waals surface area contributed by atoms with Gasteiger partial charge in [0.05, 0.1) is 7.11 Å². The number of fused-ring (bicyclic) bond motifs is 3. The molecule has 0 aromatic heterocycles. The third kappa shape index (κ3) is 2.66. The Kier molecular flexibility index (Phi) is 4.13. The van der Waals surface area contributed by atoms with Gasteiger partial charge in [0, 0.05) is 23.4 Å². The summed E-state index contributed by atoms with van der Waals surface area (Å²) in [6, 6.07) is 14.7. The average Bonchev–Trinajstić information content (AvgIpc) is 3.21. The molecule has 1 fully saturated rings. The molecular formula is C19H18N2O3S. The molecule has 2 aliphatic heterocycles. The maximum Gasteiger partial charge on any atom is 0.256 e. The van der Waals surface area contributed by atoms with E-state index >= 15 is 0 Å². The van der Waals surface area contributed by atoms with Crippen molar-refractivity contribution < 1.29 is 14.3 Å². The van der Waals surface area contributed by atoms with Gasteiger partial charge in [0.15, 0.2) is 0 Å². The number of hydrogen-bond acceptors (Lipinski definition) is 4. The Hall–Kier alpha value is -2.47. The lowest BCUT2D eigenvalue weighted by atomic mass is 10.1. The third-order valence-electron chi connectivity index (χ3n) is 4.64. The molecule has 0 radical (unpaired) electrons. The zero-order chi connectivity index (χ0) is 17.4. The van der Waals surface area contributed by atoms with E-state index in [1.807, 2.05) is 48.5 Å². The fraction of sp³-hybridized carbons (Fsp3) is 0.263. The molecule has 0 aliphatic carbocycles. The third-order valence-corrected chi connectivity index (χ3v) is 5.95. The summed E-state index contributed by atoms with van der Waals surface area (Å²) in [4.78, 5) is 27.1. The first-order valence-electron chi connectivity index (χ1n) is 8.13. The number of rotatable bonds is 4. The minimum absolute atomic E-state index is 0.0503. The van der Waals surface area contributed by atoms with E-state index in [1.165, 1.54) is 0 Å². The molecule has 0 spiro atoms. The molecule has 2 heterocycles. The van der Waals surface area contributed by atoms with Gasteiger partial charge >= 0.3 is 0 Å². The predicted octanol–water partition coefficient (Wildman–Crippen LogP) is 2.58. The van der Waals surface area contributed by atoms with Crippen molar-refractivity contribution in [3.8, 4) is 5.75 Å². The first kappa shape index (κ1) is 16.0. The molecule has 2 aliphatic rings. The van der Waals surface area contributed by atoms with Crippen LogP contribution in [0.2, 0.25) is 0 Å². The van der Waals surface area contributed by atoms with E-state index in [9.17, 15) is 9.59 Å². The quantitative estimate of drug-likeness (QED) is 0.917. The molecule has 25 heavy (non-hydrogen) atoms. The minimum Gasteiger partial charge on any atom is -0.496 e. The van der Waals surface area contributed by atoms with Gasteiger partial charge < -0.3 is 15.0 Å². The van der Waals surface area contributed by atoms with Crippen LogP contribution in [-0.4, -0.2) is 35.6 Å². The number of carbonyl (C=O) groups is 2. The van der Waals surface area contributed by atoms with Crippen LogP contribution in [0.5, 0.6) is 5.75 Å². The molecule has 1 saturated heterocycles. The van der Waals surface area contributed by atoms with Crippen molar-refractivity contribution in [2.75, 3.05) is 12.9 Å². The lowest BCUT2D eigenvalue weighted by Crippen LogP contribution is -2.45. The van der Waals surface area contributed by atoms with Crippen LogP contribution >= 0.6 is 11.8 Å². The first-order chi connectivity index (χ1) is 12.2. The SMILES string of the molecule is COc1ccccc1CNC(=O)[C@@H]1CSC2c3ccccc3C(=O)N21. The lowest BCUT2D eigenvalue weighted by Gasteiger charge is -2.22. The minimum atomic E-state index is -0.440. The smallest absolute Gasteiger partial charge is 0.256 e. The largest absolute Gasteiger partial charge is 0.496 e. The number of nitrogens with zero attached hydrogens (tertiary/aromatic N) is 1. The van der Waals surface area contributed by atoms with Gasteiger partial charge in [-0.15, -0.1) is 11.8 Å². The highest BCUT2D eigenvalue weighted by molar-refractivity contribution is 7.99. The standard InChI is InChI=1S/C19H18N2O3S/c1-24-16-9-5-2-6-12(16)10-20-17(22)15-11-25-19-14-8-4-3-7-13(14)18(23)21(15)19/h2-9,15,19H,10-11H2,1H3,(H,20,22)/t15-,19?/m0/s1. The zero-order valence-electron chi connectivity index (χ0n) is 13.8. The summed E-state index contributed by atoms with van der Waals surface area (Å²) in [6.45, 7) is 0.379. The van der Waals surface area contributed by atoms with Crippen LogP contribution in [0.4, 0.5) is 0 Å². The van der Waals surface area contributed by atoms with Crippen LogP contribution in [0.15, 0.2) is 48.5 Å². The second kappa shape index (κ2) is 6.44. The van der Waals surface area contributed by atoms with Crippen molar-refractivity contribution in [1.29, 1.82) is 0 Å². The van der Waals surface area contributed by atoms with Gasteiger partial charge in [0.25, 0.3) is 5.91 Å². The maximum absolute atomic E-state index is 12.7. The van der Waals surface area contributed by atoms with Crippen LogP contribution in [0.3, 0.4) is 0 Å². The topological polar surface area (TPSA) is 58.6 Å². The molecule has 4 rings (SSSR count). The Bertz CT molecular complexity index is 839. The normalized spacial score (nSPS) is 21.0. The molecule has 2 aromatic rings. The fourth-order valence-corrected chi connectivity index (χ4v) is 4.86. The van der Waals surface area contributed by atoms with Gasteiger partial charge in [0.1, 0.15) is 17.2 Å². The van der Waals surface area contributed by atoms with Crippen molar-refractivity contribution in [3.05, 3.63) is 65.2 Å². The van der Waals surface area contributed by atoms with Gasteiger partial charge in [0.2, 0.25) is 5.91 Å². The Morgan fingerprint density at radius 1 is 1.24 bits per heavy atom. The molecule has 1 N–H and O–H groups in total. The summed E-state index contributed by atoms with van der Waals surface area (Å²) in [6.07, 6.45) is 0. The molecule has 1 unspecified atom stereocenters. The number of methoxy groups -OCH3 is 1. The van der Waals surface area contributed by atoms with Crippen molar-refractivity contribution >= 4 is 23.6 Å². The molecule has 5 nitrogen and oxygen atoms in total. The second-order valence-electron chi connectivity index (χ2n) is 6.03. The van der Waals surface area contributed by atoms with E-state index < -0.39 is 6.04 Å². The predicted molar refractivity (Wildman–Crippen MR) is 96.4 cm³/mol. The highest BCUT2D eigenvalue weighted by Gasteiger charge is 2.48. The number of carbonyl (C=O) groups excluding carboxylic acids is 2. The lowest BCUT2D eigenvalue weighted by molar-refractivity contribution is -0.124. The monoisotopic (exact) mass is 354 g/mol. The Morgan fingerprint density at radius 2 is 2.00 bits per heavy atom. The number of para-hydroxylation sites is 1. The maximum atomic E-state index is 12.7. The molecule has 0 saturated carbocycles. The molecule has 6 heteroatoms. The van der Waals surface area contributed by atoms with Crippen molar-refractivity contribution in [2.45, 2.75) is 18.0 Å². The first-order valence-corrected chi connectivity index (χ1v) is 9.18. The number of nitrogens with one attached hydrogen (secondary N) is 1. The van der Waals surface area contributed by atoms with Crippen LogP contribution in [0.25, 0.3) is 0 Å². The molecule has 0 bridgehead atoms. The average molecular weight is 354 g/mol. The zero-order valence-corrected chi connectivity index (χ0v) is 14.6. The van der Waals surface area contributed by atoms with Crippen LogP contribution in [-0.2, 0) is 11.3 Å². The van der Waals surface area contributed by atoms with E-state index in [0.717, 1.165) is 16.9 Å². The van der Waals surface area contributed by atoms with Gasteiger partial charge in [-0.1, -0.05) is 36.4 Å². The van der Waals surface area contributed by atoms with Crippen LogP contribution in [0, 0.1) is 0 Å². The molecule has 128 valence electrons. The summed E-state index contributed by atoms with van der Waals surface area (Å²) in [7, 11) is 1.61. The summed E-state index contributed by atoms with van der Waals surface area (Å²) < 4.78 is 5.31. The number of ether oxygens (including phenoxy) is 1. The number of benzene rings is 2. The highest BCUT2D eigenvalue weighted by Crippen LogP contribution is 2.48. The number of hydrogen-bond donors (Lipinski definition) is 1. The van der Waals surface area contributed by atoms with Gasteiger partial charge in [-0.2, -0.15) is 0 Å². The Balaban J connectivity index is 1.48. The molecular weight excluding hydrogens is 336 g/mol. The van der Waals surface area contributed by atoms with Crippen molar-refractivity contribution in [3.63, 3.8) is 0 Å². The van der Waals surface area contributed by atoms with Gasteiger partial charge in [-0.3, -0.25) is 9.59 Å². The van der Waals surface area contributed by atoms with Crippen LogP contribution < -0.4 is 10.1 Å². The van der Waals surface area contributed by atoms with E-state index in [1.54, 1.807) is 23.8 Å². The van der Waals surface area contributed by atoms with Crippen molar-refractivity contribution in [2.24, 2.45) is 0 Å². The van der Waals surface area contributed by atoms with E-state index in [-0.39, 0.29) is 17.2 Å². The second-order valence-corrected chi connectivity index (χ2v) is 7.14.